The molecule has 1 amide bonds. The molecule has 0 bridgehead atoms. The number of carbonyl (C=O) groups excluding carboxylic acids is 1. The number of nitrogens with one attached hydrogen (secondary N) is 2. The fourth-order valence-electron chi connectivity index (χ4n) is 2.00. The molecule has 2 heterocycles. The van der Waals surface area contributed by atoms with Crippen molar-refractivity contribution in [1.82, 2.24) is 5.48 Å². The van der Waals surface area contributed by atoms with Crippen LogP contribution in [-0.2, 0) is 15.8 Å². The van der Waals surface area contributed by atoms with Crippen molar-refractivity contribution in [2.75, 3.05) is 4.72 Å². The number of benzene rings is 1. The second-order valence-electron chi connectivity index (χ2n) is 4.90. The number of thiophene rings is 2. The van der Waals surface area contributed by atoms with Gasteiger partial charge in [-0.25, -0.2) is 9.69 Å². The second kappa shape index (κ2) is 8.21. The summed E-state index contributed by atoms with van der Waals surface area (Å²) in [5.41, 5.74) is 3.03. The molecule has 5 nitrogen and oxygen atoms in total. The van der Waals surface area contributed by atoms with Crippen molar-refractivity contribution in [3.63, 3.8) is 0 Å². The number of rotatable bonds is 6. The van der Waals surface area contributed by atoms with E-state index < -0.39 is 16.9 Å². The topological polar surface area (TPSA) is 78.4 Å². The first-order valence-corrected chi connectivity index (χ1v) is 10.0. The maximum atomic E-state index is 12.5. The average molecular weight is 391 g/mol. The largest absolute Gasteiger partial charge is 0.300 e. The Bertz CT molecular complexity index is 900. The van der Waals surface area contributed by atoms with Gasteiger partial charge >= 0.3 is 0 Å². The molecular weight excluding hydrogens is 376 g/mol. The summed E-state index contributed by atoms with van der Waals surface area (Å²) in [4.78, 5) is 13.2. The van der Waals surface area contributed by atoms with Crippen molar-refractivity contribution in [3.05, 3.63) is 65.6 Å². The summed E-state index contributed by atoms with van der Waals surface area (Å²) in [6.07, 6.45) is 2.79. The number of hydroxylamine groups is 1. The van der Waals surface area contributed by atoms with Crippen LogP contribution in [0.3, 0.4) is 0 Å². The molecule has 0 saturated heterocycles. The van der Waals surface area contributed by atoms with Crippen LogP contribution in [0, 0.1) is 0 Å². The molecule has 1 atom stereocenters. The van der Waals surface area contributed by atoms with Crippen LogP contribution in [0.2, 0.25) is 0 Å². The van der Waals surface area contributed by atoms with Crippen molar-refractivity contribution < 1.29 is 14.2 Å². The molecule has 1 aromatic carbocycles. The van der Waals surface area contributed by atoms with Crippen LogP contribution >= 0.6 is 22.7 Å². The summed E-state index contributed by atoms with van der Waals surface area (Å²) in [6, 6.07) is 15.0. The Morgan fingerprint density at radius 2 is 1.88 bits per heavy atom. The zero-order valence-electron chi connectivity index (χ0n) is 12.8. The minimum absolute atomic E-state index is 0.595. The molecule has 3 aromatic rings. The molecule has 0 spiro atoms. The van der Waals surface area contributed by atoms with E-state index >= 15 is 0 Å². The fraction of sp³-hybridized carbons (Fsp3) is 0. The first kappa shape index (κ1) is 17.6. The Labute approximate surface area is 155 Å². The summed E-state index contributed by atoms with van der Waals surface area (Å²) in [5, 5.41) is 10.5. The Hall–Kier alpha value is -2.26. The van der Waals surface area contributed by atoms with Gasteiger partial charge in [0.1, 0.15) is 4.21 Å². The van der Waals surface area contributed by atoms with E-state index in [-0.39, 0.29) is 0 Å². The van der Waals surface area contributed by atoms with Crippen LogP contribution in [0.4, 0.5) is 5.69 Å². The van der Waals surface area contributed by atoms with E-state index in [0.717, 1.165) is 19.5 Å². The minimum atomic E-state index is -1.34. The van der Waals surface area contributed by atoms with E-state index in [0.29, 0.717) is 5.69 Å². The van der Waals surface area contributed by atoms with Crippen LogP contribution in [0.5, 0.6) is 0 Å². The molecule has 0 aliphatic rings. The van der Waals surface area contributed by atoms with Crippen LogP contribution in [-0.4, -0.2) is 15.3 Å². The molecule has 0 aliphatic heterocycles. The van der Waals surface area contributed by atoms with E-state index in [1.807, 2.05) is 29.6 Å². The van der Waals surface area contributed by atoms with E-state index in [4.69, 9.17) is 5.21 Å². The maximum absolute atomic E-state index is 12.5. The minimum Gasteiger partial charge on any atom is -0.300 e. The maximum Gasteiger partial charge on any atom is 0.267 e. The standard InChI is InChI=1S/C17H14N2O3S3/c20-16(18-21)9-5-12-3-6-13(7-4-12)19-25(22)17-10-8-15(24-17)14-2-1-11-23-14/h1-11,19,21H,(H,18,20)/b9-5+. The lowest BCUT2D eigenvalue weighted by Gasteiger charge is -2.04. The van der Waals surface area contributed by atoms with Crippen molar-refractivity contribution in [3.8, 4) is 9.75 Å². The molecule has 0 radical (unpaired) electrons. The van der Waals surface area contributed by atoms with Crippen LogP contribution in [0.15, 0.2) is 64.2 Å². The molecule has 2 aromatic heterocycles. The van der Waals surface area contributed by atoms with Gasteiger partial charge in [-0.3, -0.25) is 10.0 Å². The van der Waals surface area contributed by atoms with Gasteiger partial charge in [-0.2, -0.15) is 0 Å². The Kier molecular flexibility index (Phi) is 5.77. The van der Waals surface area contributed by atoms with Crippen LogP contribution in [0.25, 0.3) is 15.8 Å². The predicted molar refractivity (Wildman–Crippen MR) is 103 cm³/mol. The van der Waals surface area contributed by atoms with Gasteiger partial charge < -0.3 is 4.72 Å². The quantitative estimate of drug-likeness (QED) is 0.336. The Morgan fingerprint density at radius 1 is 1.08 bits per heavy atom. The molecular formula is C17H14N2O3S3. The highest BCUT2D eigenvalue weighted by molar-refractivity contribution is 7.88. The highest BCUT2D eigenvalue weighted by Gasteiger charge is 2.10. The van der Waals surface area contributed by atoms with Gasteiger partial charge in [0, 0.05) is 21.5 Å². The molecule has 0 aliphatic carbocycles. The van der Waals surface area contributed by atoms with E-state index in [1.54, 1.807) is 41.7 Å². The van der Waals surface area contributed by atoms with Gasteiger partial charge in [0.15, 0.2) is 11.0 Å². The Morgan fingerprint density at radius 3 is 2.56 bits per heavy atom. The van der Waals surface area contributed by atoms with Gasteiger partial charge in [-0.1, -0.05) is 18.2 Å². The molecule has 0 fully saturated rings. The molecule has 3 rings (SSSR count). The zero-order chi connectivity index (χ0) is 17.6. The first-order chi connectivity index (χ1) is 12.2. The van der Waals surface area contributed by atoms with Gasteiger partial charge in [0.2, 0.25) is 0 Å². The van der Waals surface area contributed by atoms with Gasteiger partial charge in [-0.05, 0) is 47.4 Å². The lowest BCUT2D eigenvalue weighted by Crippen LogP contribution is -2.14. The summed E-state index contributed by atoms with van der Waals surface area (Å²) < 4.78 is 16.2. The monoisotopic (exact) mass is 390 g/mol. The summed E-state index contributed by atoms with van der Waals surface area (Å²) in [7, 11) is -1.34. The van der Waals surface area contributed by atoms with Gasteiger partial charge in [-0.15, -0.1) is 22.7 Å². The number of amides is 1. The lowest BCUT2D eigenvalue weighted by molar-refractivity contribution is -0.124. The number of hydrogen-bond donors (Lipinski definition) is 3. The fourth-order valence-corrected chi connectivity index (χ4v) is 4.91. The zero-order valence-corrected chi connectivity index (χ0v) is 15.3. The SMILES string of the molecule is O=C(/C=C/c1ccc(NS(=O)c2ccc(-c3cccs3)s2)cc1)NO. The van der Waals surface area contributed by atoms with Gasteiger partial charge in [0.05, 0.1) is 0 Å². The van der Waals surface area contributed by atoms with Crippen LogP contribution < -0.4 is 10.2 Å². The van der Waals surface area contributed by atoms with Crippen molar-refractivity contribution in [2.24, 2.45) is 0 Å². The molecule has 3 N–H and O–H groups in total. The van der Waals surface area contributed by atoms with Gasteiger partial charge in [0.25, 0.3) is 5.91 Å². The summed E-state index contributed by atoms with van der Waals surface area (Å²) in [6.45, 7) is 0. The molecule has 128 valence electrons. The number of anilines is 1. The van der Waals surface area contributed by atoms with E-state index in [2.05, 4.69) is 4.72 Å². The second-order valence-corrected chi connectivity index (χ2v) is 8.37. The normalized spacial score (nSPS) is 12.2. The van der Waals surface area contributed by atoms with Crippen LogP contribution in [0.1, 0.15) is 5.56 Å². The lowest BCUT2D eigenvalue weighted by atomic mass is 10.2. The molecule has 25 heavy (non-hydrogen) atoms. The van der Waals surface area contributed by atoms with Crippen molar-refractivity contribution in [2.45, 2.75) is 4.21 Å². The van der Waals surface area contributed by atoms with Crippen molar-refractivity contribution in [1.29, 1.82) is 0 Å². The predicted octanol–water partition coefficient (Wildman–Crippen LogP) is 4.13. The third-order valence-electron chi connectivity index (χ3n) is 3.19. The average Bonchev–Trinajstić information content (AvgIpc) is 3.31. The number of hydrogen-bond acceptors (Lipinski definition) is 5. The van der Waals surface area contributed by atoms with Crippen molar-refractivity contribution >= 4 is 51.3 Å². The van der Waals surface area contributed by atoms with E-state index in [9.17, 15) is 9.00 Å². The molecule has 1 unspecified atom stereocenters. The highest BCUT2D eigenvalue weighted by Crippen LogP contribution is 2.33. The highest BCUT2D eigenvalue weighted by atomic mass is 32.2. The smallest absolute Gasteiger partial charge is 0.267 e. The third kappa shape index (κ3) is 4.64. The summed E-state index contributed by atoms with van der Waals surface area (Å²) in [5.74, 6) is -0.595. The molecule has 0 saturated carbocycles. The Balaban J connectivity index is 1.65. The first-order valence-electron chi connectivity index (χ1n) is 7.20. The summed E-state index contributed by atoms with van der Waals surface area (Å²) >= 11 is 3.16. The van der Waals surface area contributed by atoms with E-state index in [1.165, 1.54) is 22.9 Å². The molecule has 8 heteroatoms. The number of carbonyl (C=O) groups is 1. The third-order valence-corrected chi connectivity index (χ3v) is 6.76.